The molecule has 130 valence electrons. The van der Waals surface area contributed by atoms with Gasteiger partial charge >= 0.3 is 0 Å². The summed E-state index contributed by atoms with van der Waals surface area (Å²) in [6.07, 6.45) is 11.4. The topological polar surface area (TPSA) is 24.3 Å². The SMILES string of the molecule is CCN(CCN1CCCCCC1)Cc1cccn1-c1cccnc1. The van der Waals surface area contributed by atoms with E-state index in [-0.39, 0.29) is 0 Å². The summed E-state index contributed by atoms with van der Waals surface area (Å²) >= 11 is 0. The average molecular weight is 326 g/mol. The number of likely N-dealkylation sites (N-methyl/N-ethyl adjacent to an activating group) is 1. The first kappa shape index (κ1) is 17.2. The van der Waals surface area contributed by atoms with Gasteiger partial charge in [-0.05, 0) is 56.7 Å². The van der Waals surface area contributed by atoms with Crippen LogP contribution < -0.4 is 0 Å². The smallest absolute Gasteiger partial charge is 0.0636 e. The largest absolute Gasteiger partial charge is 0.318 e. The summed E-state index contributed by atoms with van der Waals surface area (Å²) in [5, 5.41) is 0. The maximum absolute atomic E-state index is 4.25. The second kappa shape index (κ2) is 9.00. The molecule has 0 unspecified atom stereocenters. The molecule has 1 saturated heterocycles. The molecule has 0 radical (unpaired) electrons. The Bertz CT molecular complexity index is 585. The Morgan fingerprint density at radius 1 is 1.08 bits per heavy atom. The first-order valence-electron chi connectivity index (χ1n) is 9.38. The van der Waals surface area contributed by atoms with Gasteiger partial charge in [0.1, 0.15) is 0 Å². The van der Waals surface area contributed by atoms with E-state index in [1.807, 2.05) is 18.5 Å². The highest BCUT2D eigenvalue weighted by atomic mass is 15.2. The zero-order valence-corrected chi connectivity index (χ0v) is 14.9. The summed E-state index contributed by atoms with van der Waals surface area (Å²) < 4.78 is 2.25. The molecule has 0 spiro atoms. The van der Waals surface area contributed by atoms with Crippen LogP contribution in [0.5, 0.6) is 0 Å². The maximum Gasteiger partial charge on any atom is 0.0636 e. The maximum atomic E-state index is 4.25. The summed E-state index contributed by atoms with van der Waals surface area (Å²) in [6, 6.07) is 8.46. The number of likely N-dealkylation sites (tertiary alicyclic amines) is 1. The van der Waals surface area contributed by atoms with Gasteiger partial charge in [0.05, 0.1) is 11.9 Å². The van der Waals surface area contributed by atoms with Crippen molar-refractivity contribution in [2.45, 2.75) is 39.2 Å². The van der Waals surface area contributed by atoms with Crippen molar-refractivity contribution >= 4 is 0 Å². The van der Waals surface area contributed by atoms with E-state index in [4.69, 9.17) is 0 Å². The van der Waals surface area contributed by atoms with Gasteiger partial charge in [-0.15, -0.1) is 0 Å². The molecule has 1 aliphatic heterocycles. The molecule has 24 heavy (non-hydrogen) atoms. The number of hydrogen-bond donors (Lipinski definition) is 0. The molecule has 0 saturated carbocycles. The fourth-order valence-corrected chi connectivity index (χ4v) is 3.51. The molecule has 1 fully saturated rings. The molecular weight excluding hydrogens is 296 g/mol. The minimum absolute atomic E-state index is 0.992. The second-order valence-electron chi connectivity index (χ2n) is 6.71. The zero-order valence-electron chi connectivity index (χ0n) is 14.9. The van der Waals surface area contributed by atoms with Gasteiger partial charge in [-0.2, -0.15) is 0 Å². The van der Waals surface area contributed by atoms with Crippen molar-refractivity contribution in [2.75, 3.05) is 32.7 Å². The number of aromatic nitrogens is 2. The van der Waals surface area contributed by atoms with Crippen molar-refractivity contribution in [3.63, 3.8) is 0 Å². The van der Waals surface area contributed by atoms with Gasteiger partial charge in [-0.25, -0.2) is 0 Å². The monoisotopic (exact) mass is 326 g/mol. The van der Waals surface area contributed by atoms with Crippen LogP contribution >= 0.6 is 0 Å². The van der Waals surface area contributed by atoms with E-state index in [1.165, 1.54) is 51.0 Å². The predicted molar refractivity (Wildman–Crippen MR) is 99.4 cm³/mol. The standard InChI is InChI=1S/C20H30N4/c1-2-22(15-16-23-12-5-3-4-6-13-23)18-20-10-8-14-24(20)19-9-7-11-21-17-19/h7-11,14,17H,2-6,12-13,15-16,18H2,1H3. The lowest BCUT2D eigenvalue weighted by molar-refractivity contribution is 0.206. The molecule has 3 heterocycles. The molecule has 4 heteroatoms. The van der Waals surface area contributed by atoms with Crippen molar-refractivity contribution in [2.24, 2.45) is 0 Å². The van der Waals surface area contributed by atoms with Crippen LogP contribution in [0.15, 0.2) is 42.9 Å². The molecule has 0 aliphatic carbocycles. The third-order valence-corrected chi connectivity index (χ3v) is 5.02. The molecule has 3 rings (SSSR count). The van der Waals surface area contributed by atoms with E-state index in [2.05, 4.69) is 50.7 Å². The summed E-state index contributed by atoms with van der Waals surface area (Å²) in [4.78, 5) is 9.44. The summed E-state index contributed by atoms with van der Waals surface area (Å²) in [7, 11) is 0. The Balaban J connectivity index is 1.58. The van der Waals surface area contributed by atoms with Crippen molar-refractivity contribution in [1.82, 2.24) is 19.4 Å². The van der Waals surface area contributed by atoms with Crippen LogP contribution in [0.4, 0.5) is 0 Å². The van der Waals surface area contributed by atoms with Gasteiger partial charge in [0.15, 0.2) is 0 Å². The Morgan fingerprint density at radius 3 is 2.62 bits per heavy atom. The number of pyridine rings is 1. The van der Waals surface area contributed by atoms with E-state index >= 15 is 0 Å². The second-order valence-corrected chi connectivity index (χ2v) is 6.71. The Kier molecular flexibility index (Phi) is 6.44. The predicted octanol–water partition coefficient (Wildman–Crippen LogP) is 3.57. The van der Waals surface area contributed by atoms with Crippen LogP contribution in [-0.2, 0) is 6.54 Å². The summed E-state index contributed by atoms with van der Waals surface area (Å²) in [6.45, 7) is 9.25. The fourth-order valence-electron chi connectivity index (χ4n) is 3.51. The lowest BCUT2D eigenvalue weighted by Gasteiger charge is -2.26. The highest BCUT2D eigenvalue weighted by molar-refractivity contribution is 5.31. The van der Waals surface area contributed by atoms with Crippen LogP contribution in [0.2, 0.25) is 0 Å². The van der Waals surface area contributed by atoms with Crippen molar-refractivity contribution in [3.8, 4) is 5.69 Å². The van der Waals surface area contributed by atoms with Gasteiger partial charge < -0.3 is 9.47 Å². The van der Waals surface area contributed by atoms with Crippen LogP contribution in [0, 0.1) is 0 Å². The van der Waals surface area contributed by atoms with E-state index in [0.717, 1.165) is 25.3 Å². The third-order valence-electron chi connectivity index (χ3n) is 5.02. The molecule has 0 atom stereocenters. The van der Waals surface area contributed by atoms with Gasteiger partial charge in [-0.1, -0.05) is 19.8 Å². The zero-order chi connectivity index (χ0) is 16.6. The summed E-state index contributed by atoms with van der Waals surface area (Å²) in [5.41, 5.74) is 2.47. The van der Waals surface area contributed by atoms with Crippen LogP contribution in [0.1, 0.15) is 38.3 Å². The lowest BCUT2D eigenvalue weighted by atomic mass is 10.2. The van der Waals surface area contributed by atoms with Crippen molar-refractivity contribution in [1.29, 1.82) is 0 Å². The Morgan fingerprint density at radius 2 is 1.92 bits per heavy atom. The average Bonchev–Trinajstić information content (AvgIpc) is 2.93. The highest BCUT2D eigenvalue weighted by Crippen LogP contribution is 2.14. The number of rotatable bonds is 7. The minimum Gasteiger partial charge on any atom is -0.318 e. The first-order chi connectivity index (χ1) is 11.9. The van der Waals surface area contributed by atoms with Gasteiger partial charge in [0.2, 0.25) is 0 Å². The highest BCUT2D eigenvalue weighted by Gasteiger charge is 2.12. The molecule has 0 amide bonds. The third kappa shape index (κ3) is 4.68. The summed E-state index contributed by atoms with van der Waals surface area (Å²) in [5.74, 6) is 0. The molecule has 0 bridgehead atoms. The number of nitrogens with zero attached hydrogens (tertiary/aromatic N) is 4. The van der Waals surface area contributed by atoms with E-state index in [0.29, 0.717) is 0 Å². The van der Waals surface area contributed by atoms with E-state index in [9.17, 15) is 0 Å². The normalized spacial score (nSPS) is 16.4. The number of hydrogen-bond acceptors (Lipinski definition) is 3. The van der Waals surface area contributed by atoms with Gasteiger partial charge in [-0.3, -0.25) is 9.88 Å². The molecule has 2 aromatic heterocycles. The van der Waals surface area contributed by atoms with Gasteiger partial charge in [0.25, 0.3) is 0 Å². The van der Waals surface area contributed by atoms with Crippen LogP contribution in [0.25, 0.3) is 5.69 Å². The molecule has 0 N–H and O–H groups in total. The molecule has 1 aliphatic rings. The van der Waals surface area contributed by atoms with Crippen molar-refractivity contribution < 1.29 is 0 Å². The molecular formula is C20H30N4. The molecule has 4 nitrogen and oxygen atoms in total. The lowest BCUT2D eigenvalue weighted by Crippen LogP contribution is -2.35. The Hall–Kier alpha value is -1.65. The van der Waals surface area contributed by atoms with Crippen molar-refractivity contribution in [3.05, 3.63) is 48.5 Å². The van der Waals surface area contributed by atoms with Crippen LogP contribution in [-0.4, -0.2) is 52.1 Å². The minimum atomic E-state index is 0.992. The quantitative estimate of drug-likeness (QED) is 0.777. The fraction of sp³-hybridized carbons (Fsp3) is 0.550. The molecule has 0 aromatic carbocycles. The van der Waals surface area contributed by atoms with E-state index < -0.39 is 0 Å². The Labute approximate surface area is 146 Å². The molecule has 2 aromatic rings. The van der Waals surface area contributed by atoms with Gasteiger partial charge in [0, 0.05) is 37.7 Å². The van der Waals surface area contributed by atoms with Crippen LogP contribution in [0.3, 0.4) is 0 Å². The first-order valence-corrected chi connectivity index (χ1v) is 9.38. The van der Waals surface area contributed by atoms with E-state index in [1.54, 1.807) is 0 Å².